The molecule has 1 aromatic carbocycles. The first-order chi connectivity index (χ1) is 10.3. The number of rotatable bonds is 5. The average Bonchev–Trinajstić information content (AvgIpc) is 3.02. The van der Waals surface area contributed by atoms with Gasteiger partial charge in [0.15, 0.2) is 0 Å². The molecule has 1 aliphatic carbocycles. The molecule has 1 aromatic heterocycles. The van der Waals surface area contributed by atoms with Crippen molar-refractivity contribution in [3.05, 3.63) is 57.3 Å². The van der Waals surface area contributed by atoms with Gasteiger partial charge in [0.2, 0.25) is 0 Å². The standard InChI is InChI=1S/C19H25NS/c1-3-14-7-9-15(10-8-14)13-18(20-2)16-5-4-6-19-17(16)11-12-21-19/h7-12,16,18,20H,3-6,13H2,1-2H3. The zero-order valence-corrected chi connectivity index (χ0v) is 13.9. The van der Waals surface area contributed by atoms with Crippen LogP contribution in [0, 0.1) is 0 Å². The van der Waals surface area contributed by atoms with Gasteiger partial charge in [0.25, 0.3) is 0 Å². The molecular formula is C19H25NS. The monoisotopic (exact) mass is 299 g/mol. The van der Waals surface area contributed by atoms with Crippen LogP contribution in [-0.2, 0) is 19.3 Å². The Labute approximate surface area is 132 Å². The van der Waals surface area contributed by atoms with Gasteiger partial charge in [0.1, 0.15) is 0 Å². The van der Waals surface area contributed by atoms with Crippen LogP contribution in [0.2, 0.25) is 0 Å². The summed E-state index contributed by atoms with van der Waals surface area (Å²) in [5, 5.41) is 5.85. The van der Waals surface area contributed by atoms with Crippen molar-refractivity contribution in [1.29, 1.82) is 0 Å². The summed E-state index contributed by atoms with van der Waals surface area (Å²) in [5.74, 6) is 0.677. The molecule has 0 fully saturated rings. The van der Waals surface area contributed by atoms with E-state index in [2.05, 4.69) is 55.0 Å². The van der Waals surface area contributed by atoms with Gasteiger partial charge < -0.3 is 5.32 Å². The Morgan fingerprint density at radius 3 is 2.67 bits per heavy atom. The highest BCUT2D eigenvalue weighted by Crippen LogP contribution is 2.37. The van der Waals surface area contributed by atoms with Crippen LogP contribution in [0.5, 0.6) is 0 Å². The molecule has 21 heavy (non-hydrogen) atoms. The number of fused-ring (bicyclic) bond motifs is 1. The number of hydrogen-bond donors (Lipinski definition) is 1. The highest BCUT2D eigenvalue weighted by Gasteiger charge is 2.27. The number of likely N-dealkylation sites (N-methyl/N-ethyl adjacent to an activating group) is 1. The fourth-order valence-electron chi connectivity index (χ4n) is 3.55. The van der Waals surface area contributed by atoms with Crippen molar-refractivity contribution in [3.63, 3.8) is 0 Å². The summed E-state index contributed by atoms with van der Waals surface area (Å²) in [4.78, 5) is 1.62. The van der Waals surface area contributed by atoms with Gasteiger partial charge in [-0.05, 0) is 67.3 Å². The quantitative estimate of drug-likeness (QED) is 0.853. The maximum atomic E-state index is 3.58. The molecular weight excluding hydrogens is 274 g/mol. The average molecular weight is 299 g/mol. The van der Waals surface area contributed by atoms with Crippen molar-refractivity contribution in [3.8, 4) is 0 Å². The molecule has 0 aliphatic heterocycles. The van der Waals surface area contributed by atoms with E-state index < -0.39 is 0 Å². The fraction of sp³-hybridized carbons (Fsp3) is 0.474. The van der Waals surface area contributed by atoms with Crippen molar-refractivity contribution in [2.75, 3.05) is 7.05 Å². The van der Waals surface area contributed by atoms with Gasteiger partial charge in [0.05, 0.1) is 0 Å². The van der Waals surface area contributed by atoms with Crippen LogP contribution < -0.4 is 5.32 Å². The lowest BCUT2D eigenvalue weighted by Gasteiger charge is -2.30. The maximum Gasteiger partial charge on any atom is 0.0174 e. The molecule has 1 aliphatic rings. The summed E-state index contributed by atoms with van der Waals surface area (Å²) in [7, 11) is 2.12. The molecule has 2 atom stereocenters. The van der Waals surface area contributed by atoms with E-state index >= 15 is 0 Å². The molecule has 0 spiro atoms. The first kappa shape index (κ1) is 14.8. The number of benzene rings is 1. The van der Waals surface area contributed by atoms with Crippen molar-refractivity contribution in [2.24, 2.45) is 0 Å². The Morgan fingerprint density at radius 2 is 1.95 bits per heavy atom. The molecule has 0 bridgehead atoms. The summed E-state index contributed by atoms with van der Waals surface area (Å²) < 4.78 is 0. The minimum atomic E-state index is 0.547. The molecule has 0 saturated carbocycles. The smallest absolute Gasteiger partial charge is 0.0174 e. The summed E-state index contributed by atoms with van der Waals surface area (Å²) >= 11 is 1.94. The SMILES string of the molecule is CCc1ccc(CC(NC)C2CCCc3sccc32)cc1. The molecule has 2 aromatic rings. The lowest BCUT2D eigenvalue weighted by molar-refractivity contribution is 0.414. The van der Waals surface area contributed by atoms with Gasteiger partial charge in [-0.1, -0.05) is 31.2 Å². The van der Waals surface area contributed by atoms with E-state index in [9.17, 15) is 0 Å². The second-order valence-corrected chi connectivity index (χ2v) is 7.07. The first-order valence-electron chi connectivity index (χ1n) is 8.13. The van der Waals surface area contributed by atoms with E-state index in [1.165, 1.54) is 30.4 Å². The number of nitrogens with one attached hydrogen (secondary N) is 1. The van der Waals surface area contributed by atoms with Crippen LogP contribution in [0.4, 0.5) is 0 Å². The zero-order chi connectivity index (χ0) is 14.7. The lowest BCUT2D eigenvalue weighted by atomic mass is 9.80. The molecule has 0 saturated heterocycles. The van der Waals surface area contributed by atoms with Gasteiger partial charge in [-0.15, -0.1) is 11.3 Å². The van der Waals surface area contributed by atoms with Crippen LogP contribution in [-0.4, -0.2) is 13.1 Å². The molecule has 2 unspecified atom stereocenters. The molecule has 0 radical (unpaired) electrons. The third-order valence-electron chi connectivity index (χ3n) is 4.84. The molecule has 1 nitrogen and oxygen atoms in total. The first-order valence-corrected chi connectivity index (χ1v) is 9.01. The van der Waals surface area contributed by atoms with Crippen LogP contribution in [0.1, 0.15) is 47.3 Å². The Kier molecular flexibility index (Phi) is 4.77. The van der Waals surface area contributed by atoms with Crippen LogP contribution in [0.3, 0.4) is 0 Å². The molecule has 112 valence electrons. The summed E-state index contributed by atoms with van der Waals surface area (Å²) in [6.45, 7) is 2.21. The Balaban J connectivity index is 1.76. The van der Waals surface area contributed by atoms with E-state index in [0.717, 1.165) is 12.8 Å². The maximum absolute atomic E-state index is 3.58. The Hall–Kier alpha value is -1.12. The van der Waals surface area contributed by atoms with Crippen molar-refractivity contribution in [2.45, 2.75) is 51.0 Å². The highest BCUT2D eigenvalue weighted by atomic mass is 32.1. The summed E-state index contributed by atoms with van der Waals surface area (Å²) in [5.41, 5.74) is 4.49. The highest BCUT2D eigenvalue weighted by molar-refractivity contribution is 7.10. The molecule has 1 heterocycles. The predicted octanol–water partition coefficient (Wildman–Crippen LogP) is 4.56. The topological polar surface area (TPSA) is 12.0 Å². The van der Waals surface area contributed by atoms with Gasteiger partial charge in [-0.3, -0.25) is 0 Å². The Bertz CT molecular complexity index is 570. The van der Waals surface area contributed by atoms with E-state index in [-0.39, 0.29) is 0 Å². The second-order valence-electron chi connectivity index (χ2n) is 6.07. The van der Waals surface area contributed by atoms with Crippen molar-refractivity contribution < 1.29 is 0 Å². The number of thiophene rings is 1. The van der Waals surface area contributed by atoms with Crippen molar-refractivity contribution >= 4 is 11.3 Å². The molecule has 3 rings (SSSR count). The third-order valence-corrected chi connectivity index (χ3v) is 5.84. The predicted molar refractivity (Wildman–Crippen MR) is 92.4 cm³/mol. The van der Waals surface area contributed by atoms with E-state index in [1.807, 2.05) is 11.3 Å². The van der Waals surface area contributed by atoms with Crippen LogP contribution in [0.15, 0.2) is 35.7 Å². The molecule has 2 heteroatoms. The minimum Gasteiger partial charge on any atom is -0.316 e. The molecule has 1 N–H and O–H groups in total. The van der Waals surface area contributed by atoms with Gasteiger partial charge >= 0.3 is 0 Å². The fourth-order valence-corrected chi connectivity index (χ4v) is 4.55. The number of aryl methyl sites for hydroxylation is 2. The zero-order valence-electron chi connectivity index (χ0n) is 13.1. The van der Waals surface area contributed by atoms with Crippen LogP contribution in [0.25, 0.3) is 0 Å². The van der Waals surface area contributed by atoms with Crippen LogP contribution >= 0.6 is 11.3 Å². The second kappa shape index (κ2) is 6.76. The minimum absolute atomic E-state index is 0.547. The van der Waals surface area contributed by atoms with Crippen molar-refractivity contribution in [1.82, 2.24) is 5.32 Å². The Morgan fingerprint density at radius 1 is 1.19 bits per heavy atom. The lowest BCUT2D eigenvalue weighted by Crippen LogP contribution is -2.35. The third kappa shape index (κ3) is 3.22. The van der Waals surface area contributed by atoms with Gasteiger partial charge in [0, 0.05) is 16.8 Å². The van der Waals surface area contributed by atoms with E-state index in [1.54, 1.807) is 10.4 Å². The normalized spacial score (nSPS) is 19.2. The van der Waals surface area contributed by atoms with E-state index in [4.69, 9.17) is 0 Å². The largest absolute Gasteiger partial charge is 0.316 e. The van der Waals surface area contributed by atoms with E-state index in [0.29, 0.717) is 12.0 Å². The van der Waals surface area contributed by atoms with Gasteiger partial charge in [-0.25, -0.2) is 0 Å². The summed E-state index contributed by atoms with van der Waals surface area (Å²) in [6, 6.07) is 12.1. The number of hydrogen-bond acceptors (Lipinski definition) is 2. The molecule has 0 amide bonds. The van der Waals surface area contributed by atoms with Gasteiger partial charge in [-0.2, -0.15) is 0 Å². The summed E-state index contributed by atoms with van der Waals surface area (Å²) in [6.07, 6.45) is 6.19.